The van der Waals surface area contributed by atoms with Crippen LogP contribution in [-0.2, 0) is 0 Å². The van der Waals surface area contributed by atoms with Crippen LogP contribution in [0.2, 0.25) is 5.02 Å². The van der Waals surface area contributed by atoms with Gasteiger partial charge in [-0.25, -0.2) is 0 Å². The maximum atomic E-state index is 5.85. The molecule has 2 nitrogen and oxygen atoms in total. The fraction of sp³-hybridized carbons (Fsp3) is 0.250. The summed E-state index contributed by atoms with van der Waals surface area (Å²) in [4.78, 5) is 0. The Bertz CT molecular complexity index is 525. The van der Waals surface area contributed by atoms with E-state index in [-0.39, 0.29) is 6.04 Å². The number of ether oxygens (including phenoxy) is 1. The number of hydrogen-bond donors (Lipinski definition) is 1. The normalized spacial score (nSPS) is 12.2. The number of likely N-dealkylation sites (N-methyl/N-ethyl adjacent to an activating group) is 1. The zero-order valence-corrected chi connectivity index (χ0v) is 11.9. The molecule has 0 radical (unpaired) electrons. The van der Waals surface area contributed by atoms with Crippen LogP contribution in [0.3, 0.4) is 0 Å². The summed E-state index contributed by atoms with van der Waals surface area (Å²) in [7, 11) is 1.95. The molecule has 0 aliphatic heterocycles. The Labute approximate surface area is 119 Å². The van der Waals surface area contributed by atoms with E-state index < -0.39 is 0 Å². The van der Waals surface area contributed by atoms with Crippen molar-refractivity contribution >= 4 is 11.6 Å². The van der Waals surface area contributed by atoms with E-state index in [1.165, 1.54) is 11.1 Å². The lowest BCUT2D eigenvalue weighted by Crippen LogP contribution is -2.24. The molecule has 0 fully saturated rings. The molecule has 2 aromatic carbocycles. The van der Waals surface area contributed by atoms with Crippen molar-refractivity contribution in [2.24, 2.45) is 0 Å². The molecule has 0 spiro atoms. The first-order valence-electron chi connectivity index (χ1n) is 6.32. The smallest absolute Gasteiger partial charge is 0.119 e. The zero-order chi connectivity index (χ0) is 13.7. The Morgan fingerprint density at radius 2 is 1.79 bits per heavy atom. The van der Waals surface area contributed by atoms with Crippen molar-refractivity contribution in [1.82, 2.24) is 5.32 Å². The minimum absolute atomic E-state index is 0.178. The molecule has 0 heterocycles. The molecular formula is C16H18ClNO. The summed E-state index contributed by atoms with van der Waals surface area (Å²) in [5.41, 5.74) is 2.53. The third kappa shape index (κ3) is 3.72. The molecule has 0 amide bonds. The second-order valence-corrected chi connectivity index (χ2v) is 4.90. The Hall–Kier alpha value is -1.51. The summed E-state index contributed by atoms with van der Waals surface area (Å²) in [6, 6.07) is 15.9. The highest BCUT2D eigenvalue weighted by atomic mass is 35.5. The van der Waals surface area contributed by atoms with Gasteiger partial charge in [0.25, 0.3) is 0 Å². The van der Waals surface area contributed by atoms with E-state index in [2.05, 4.69) is 30.4 Å². The molecule has 3 heteroatoms. The predicted octanol–water partition coefficient (Wildman–Crippen LogP) is 3.99. The van der Waals surface area contributed by atoms with Gasteiger partial charge in [0.05, 0.1) is 6.04 Å². The third-order valence-corrected chi connectivity index (χ3v) is 3.39. The van der Waals surface area contributed by atoms with Crippen LogP contribution in [-0.4, -0.2) is 13.7 Å². The molecule has 0 saturated heterocycles. The van der Waals surface area contributed by atoms with Crippen molar-refractivity contribution in [2.75, 3.05) is 13.7 Å². The summed E-state index contributed by atoms with van der Waals surface area (Å²) in [5.74, 6) is 0.832. The molecule has 100 valence electrons. The van der Waals surface area contributed by atoms with Crippen molar-refractivity contribution in [3.05, 3.63) is 64.7 Å². The monoisotopic (exact) mass is 275 g/mol. The van der Waals surface area contributed by atoms with Crippen LogP contribution >= 0.6 is 11.6 Å². The van der Waals surface area contributed by atoms with Gasteiger partial charge in [0.15, 0.2) is 0 Å². The lowest BCUT2D eigenvalue weighted by molar-refractivity contribution is 0.272. The van der Waals surface area contributed by atoms with E-state index in [4.69, 9.17) is 16.3 Å². The Morgan fingerprint density at radius 3 is 2.42 bits per heavy atom. The highest BCUT2D eigenvalue weighted by Crippen LogP contribution is 2.20. The Morgan fingerprint density at radius 1 is 1.11 bits per heavy atom. The minimum Gasteiger partial charge on any atom is -0.492 e. The zero-order valence-electron chi connectivity index (χ0n) is 11.2. The second-order valence-electron chi connectivity index (χ2n) is 4.46. The van der Waals surface area contributed by atoms with Crippen molar-refractivity contribution in [3.8, 4) is 5.75 Å². The van der Waals surface area contributed by atoms with Crippen molar-refractivity contribution < 1.29 is 4.74 Å². The van der Waals surface area contributed by atoms with Crippen LogP contribution in [0.5, 0.6) is 5.75 Å². The molecule has 1 N–H and O–H groups in total. The van der Waals surface area contributed by atoms with Crippen LogP contribution in [0.25, 0.3) is 0 Å². The number of hydrogen-bond acceptors (Lipinski definition) is 2. The molecule has 0 aliphatic rings. The van der Waals surface area contributed by atoms with Gasteiger partial charge >= 0.3 is 0 Å². The average Bonchev–Trinajstić information content (AvgIpc) is 2.43. The lowest BCUT2D eigenvalue weighted by Gasteiger charge is -2.19. The van der Waals surface area contributed by atoms with Gasteiger partial charge in [-0.05, 0) is 49.4 Å². The van der Waals surface area contributed by atoms with Gasteiger partial charge in [0, 0.05) is 5.02 Å². The number of halogens is 1. The predicted molar refractivity (Wildman–Crippen MR) is 79.9 cm³/mol. The fourth-order valence-electron chi connectivity index (χ4n) is 2.02. The third-order valence-electron chi connectivity index (χ3n) is 3.14. The highest BCUT2D eigenvalue weighted by molar-refractivity contribution is 6.30. The van der Waals surface area contributed by atoms with E-state index in [0.29, 0.717) is 6.61 Å². The van der Waals surface area contributed by atoms with Gasteiger partial charge < -0.3 is 10.1 Å². The molecule has 0 aliphatic carbocycles. The van der Waals surface area contributed by atoms with E-state index in [1.54, 1.807) is 0 Å². The van der Waals surface area contributed by atoms with Crippen LogP contribution in [0.4, 0.5) is 0 Å². The van der Waals surface area contributed by atoms with Gasteiger partial charge in [-0.3, -0.25) is 0 Å². The maximum Gasteiger partial charge on any atom is 0.119 e. The van der Waals surface area contributed by atoms with Crippen molar-refractivity contribution in [1.29, 1.82) is 0 Å². The Balaban J connectivity index is 2.04. The van der Waals surface area contributed by atoms with Crippen molar-refractivity contribution in [3.63, 3.8) is 0 Å². The van der Waals surface area contributed by atoms with Crippen molar-refractivity contribution in [2.45, 2.75) is 13.0 Å². The molecule has 2 rings (SSSR count). The number of benzene rings is 2. The summed E-state index contributed by atoms with van der Waals surface area (Å²) < 4.78 is 5.80. The van der Waals surface area contributed by atoms with Gasteiger partial charge in [0.2, 0.25) is 0 Å². The van der Waals surface area contributed by atoms with Gasteiger partial charge in [0.1, 0.15) is 12.4 Å². The number of nitrogens with one attached hydrogen (secondary N) is 1. The summed E-state index contributed by atoms with van der Waals surface area (Å²) in [6.45, 7) is 2.70. The van der Waals surface area contributed by atoms with E-state index >= 15 is 0 Å². The highest BCUT2D eigenvalue weighted by Gasteiger charge is 2.12. The average molecular weight is 276 g/mol. The first kappa shape index (κ1) is 13.9. The molecular weight excluding hydrogens is 258 g/mol. The van der Waals surface area contributed by atoms with Gasteiger partial charge in [-0.1, -0.05) is 35.9 Å². The van der Waals surface area contributed by atoms with E-state index in [0.717, 1.165) is 10.8 Å². The summed E-state index contributed by atoms with van der Waals surface area (Å²) in [5, 5.41) is 4.01. The molecule has 0 saturated carbocycles. The largest absolute Gasteiger partial charge is 0.492 e. The molecule has 2 aromatic rings. The van der Waals surface area contributed by atoms with Crippen LogP contribution in [0, 0.1) is 6.92 Å². The first-order valence-corrected chi connectivity index (χ1v) is 6.69. The number of aryl methyl sites for hydroxylation is 1. The Kier molecular flexibility index (Phi) is 4.83. The minimum atomic E-state index is 0.178. The maximum absolute atomic E-state index is 5.85. The summed E-state index contributed by atoms with van der Waals surface area (Å²) >= 11 is 5.85. The molecule has 0 aromatic heterocycles. The van der Waals surface area contributed by atoms with Crippen LogP contribution < -0.4 is 10.1 Å². The fourth-order valence-corrected chi connectivity index (χ4v) is 2.14. The first-order chi connectivity index (χ1) is 9.20. The molecule has 19 heavy (non-hydrogen) atoms. The second kappa shape index (κ2) is 6.60. The van der Waals surface area contributed by atoms with E-state index in [9.17, 15) is 0 Å². The quantitative estimate of drug-likeness (QED) is 0.891. The summed E-state index contributed by atoms with van der Waals surface area (Å²) in [6.07, 6.45) is 0. The standard InChI is InChI=1S/C16H18ClNO/c1-12-5-3-4-6-15(12)16(18-2)11-19-14-9-7-13(17)8-10-14/h3-10,16,18H,11H2,1-2H3. The van der Waals surface area contributed by atoms with E-state index in [1.807, 2.05) is 37.4 Å². The SMILES string of the molecule is CNC(COc1ccc(Cl)cc1)c1ccccc1C. The molecule has 1 atom stereocenters. The van der Waals surface area contributed by atoms with Crippen LogP contribution in [0.15, 0.2) is 48.5 Å². The van der Waals surface area contributed by atoms with Crippen LogP contribution in [0.1, 0.15) is 17.2 Å². The topological polar surface area (TPSA) is 21.3 Å². The van der Waals surface area contributed by atoms with Gasteiger partial charge in [-0.15, -0.1) is 0 Å². The van der Waals surface area contributed by atoms with Gasteiger partial charge in [-0.2, -0.15) is 0 Å². The molecule has 1 unspecified atom stereocenters. The lowest BCUT2D eigenvalue weighted by atomic mass is 10.0. The number of rotatable bonds is 5. The molecule has 0 bridgehead atoms.